The second-order valence-electron chi connectivity index (χ2n) is 6.51. The van der Waals surface area contributed by atoms with Gasteiger partial charge in [-0.25, -0.2) is 9.67 Å². The van der Waals surface area contributed by atoms with Crippen molar-refractivity contribution in [2.45, 2.75) is 12.5 Å². The van der Waals surface area contributed by atoms with E-state index >= 15 is 0 Å². The highest BCUT2D eigenvalue weighted by molar-refractivity contribution is 6.38. The smallest absolute Gasteiger partial charge is 0.287 e. The summed E-state index contributed by atoms with van der Waals surface area (Å²) in [4.78, 5) is 48.1. The third-order valence-corrected chi connectivity index (χ3v) is 4.60. The number of fused-ring (bicyclic) bond motifs is 1. The minimum absolute atomic E-state index is 0.0786. The number of hydrogen-bond acceptors (Lipinski definition) is 6. The molecule has 0 aliphatic heterocycles. The maximum Gasteiger partial charge on any atom is 0.287 e. The van der Waals surface area contributed by atoms with E-state index in [4.69, 9.17) is 5.73 Å². The highest BCUT2D eigenvalue weighted by Gasteiger charge is 2.28. The Balaban J connectivity index is 1.62. The standard InChI is InChI=1S/C20H17N7O3/c21-19(29)18(28)14(9-12-10-24-15-11-22-7-4-13(12)15)26-20(30)16-5-8-25-27(16)17-3-1-2-6-23-17/h1-8,10-11,14,24H,9H2,(H2,21,29)(H,26,30). The third-order valence-electron chi connectivity index (χ3n) is 4.60. The zero-order valence-electron chi connectivity index (χ0n) is 15.6. The monoisotopic (exact) mass is 403 g/mol. The molecule has 1 atom stereocenters. The Morgan fingerprint density at radius 1 is 1.13 bits per heavy atom. The predicted molar refractivity (Wildman–Crippen MR) is 107 cm³/mol. The van der Waals surface area contributed by atoms with Crippen LogP contribution in [-0.4, -0.2) is 48.4 Å². The number of nitrogens with two attached hydrogens (primary N) is 1. The molecule has 0 bridgehead atoms. The van der Waals surface area contributed by atoms with Crippen molar-refractivity contribution in [3.05, 3.63) is 72.6 Å². The van der Waals surface area contributed by atoms with E-state index in [-0.39, 0.29) is 12.1 Å². The number of pyridine rings is 2. The number of aromatic amines is 1. The number of Topliss-reactive ketones (excluding diaryl/α,β-unsaturated/α-hetero) is 1. The van der Waals surface area contributed by atoms with Crippen molar-refractivity contribution in [1.82, 2.24) is 30.0 Å². The molecule has 0 spiro atoms. The summed E-state index contributed by atoms with van der Waals surface area (Å²) in [5, 5.41) is 7.56. The summed E-state index contributed by atoms with van der Waals surface area (Å²) in [7, 11) is 0. The van der Waals surface area contributed by atoms with Crippen molar-refractivity contribution in [2.75, 3.05) is 0 Å². The number of ketones is 1. The summed E-state index contributed by atoms with van der Waals surface area (Å²) in [5.74, 6) is -2.16. The van der Waals surface area contributed by atoms with Gasteiger partial charge in [-0.2, -0.15) is 5.10 Å². The topological polar surface area (TPSA) is 149 Å². The largest absolute Gasteiger partial charge is 0.363 e. The van der Waals surface area contributed by atoms with Crippen LogP contribution in [0.5, 0.6) is 0 Å². The molecule has 0 aliphatic carbocycles. The number of carbonyl (C=O) groups is 3. The summed E-state index contributed by atoms with van der Waals surface area (Å²) < 4.78 is 1.35. The molecule has 30 heavy (non-hydrogen) atoms. The van der Waals surface area contributed by atoms with Gasteiger partial charge >= 0.3 is 0 Å². The summed E-state index contributed by atoms with van der Waals surface area (Å²) >= 11 is 0. The van der Waals surface area contributed by atoms with E-state index in [1.165, 1.54) is 16.9 Å². The molecule has 2 amide bonds. The molecule has 0 aliphatic rings. The van der Waals surface area contributed by atoms with Gasteiger partial charge in [-0.05, 0) is 29.8 Å². The molecule has 150 valence electrons. The van der Waals surface area contributed by atoms with Crippen molar-refractivity contribution in [3.63, 3.8) is 0 Å². The molecule has 4 heterocycles. The molecular formula is C20H17N7O3. The van der Waals surface area contributed by atoms with Crippen molar-refractivity contribution in [1.29, 1.82) is 0 Å². The normalized spacial score (nSPS) is 11.9. The van der Waals surface area contributed by atoms with Crippen LogP contribution in [0.3, 0.4) is 0 Å². The number of hydrogen-bond donors (Lipinski definition) is 3. The Bertz CT molecular complexity index is 1230. The molecule has 0 fully saturated rings. The average molecular weight is 403 g/mol. The van der Waals surface area contributed by atoms with Gasteiger partial charge in [-0.3, -0.25) is 19.4 Å². The van der Waals surface area contributed by atoms with Gasteiger partial charge in [0.2, 0.25) is 5.78 Å². The Labute approximate surface area is 170 Å². The number of H-pyrrole nitrogens is 1. The Morgan fingerprint density at radius 3 is 2.77 bits per heavy atom. The van der Waals surface area contributed by atoms with E-state index in [9.17, 15) is 14.4 Å². The number of primary amides is 1. The second-order valence-corrected chi connectivity index (χ2v) is 6.51. The van der Waals surface area contributed by atoms with Crippen LogP contribution in [0.1, 0.15) is 16.1 Å². The molecule has 0 radical (unpaired) electrons. The third kappa shape index (κ3) is 3.65. The minimum Gasteiger partial charge on any atom is -0.363 e. The molecule has 4 rings (SSSR count). The first-order valence-electron chi connectivity index (χ1n) is 9.04. The first-order chi connectivity index (χ1) is 14.5. The lowest BCUT2D eigenvalue weighted by Gasteiger charge is -2.16. The molecule has 0 saturated heterocycles. The SMILES string of the molecule is NC(=O)C(=O)C(Cc1c[nH]c2cnccc12)NC(=O)c1ccnn1-c1ccccn1. The lowest BCUT2D eigenvalue weighted by molar-refractivity contribution is -0.137. The van der Waals surface area contributed by atoms with Crippen LogP contribution in [0, 0.1) is 0 Å². The second kappa shape index (κ2) is 7.95. The van der Waals surface area contributed by atoms with E-state index in [0.29, 0.717) is 5.82 Å². The number of aromatic nitrogens is 5. The Hall–Kier alpha value is -4.34. The van der Waals surface area contributed by atoms with E-state index in [2.05, 4.69) is 25.4 Å². The summed E-state index contributed by atoms with van der Waals surface area (Å²) in [6.45, 7) is 0. The van der Waals surface area contributed by atoms with Gasteiger partial charge in [-0.1, -0.05) is 6.07 Å². The molecule has 0 aromatic carbocycles. The Morgan fingerprint density at radius 2 is 2.00 bits per heavy atom. The highest BCUT2D eigenvalue weighted by atomic mass is 16.2. The summed E-state index contributed by atoms with van der Waals surface area (Å²) in [5.41, 5.74) is 6.89. The fourth-order valence-electron chi connectivity index (χ4n) is 3.17. The number of amides is 2. The highest BCUT2D eigenvalue weighted by Crippen LogP contribution is 2.19. The molecular weight excluding hydrogens is 386 g/mol. The van der Waals surface area contributed by atoms with Gasteiger partial charge in [0.15, 0.2) is 5.82 Å². The van der Waals surface area contributed by atoms with E-state index in [0.717, 1.165) is 16.5 Å². The molecule has 1 unspecified atom stereocenters. The minimum atomic E-state index is -1.14. The van der Waals surface area contributed by atoms with Crippen LogP contribution in [0.4, 0.5) is 0 Å². The Kier molecular flexibility index (Phi) is 5.04. The van der Waals surface area contributed by atoms with Gasteiger partial charge in [-0.15, -0.1) is 0 Å². The lowest BCUT2D eigenvalue weighted by Crippen LogP contribution is -2.47. The van der Waals surface area contributed by atoms with Gasteiger partial charge in [0.25, 0.3) is 11.8 Å². The fraction of sp³-hybridized carbons (Fsp3) is 0.100. The maximum absolute atomic E-state index is 12.9. The van der Waals surface area contributed by atoms with E-state index < -0.39 is 23.6 Å². The van der Waals surface area contributed by atoms with Crippen molar-refractivity contribution < 1.29 is 14.4 Å². The van der Waals surface area contributed by atoms with Crippen LogP contribution in [0.15, 0.2) is 61.3 Å². The molecule has 4 aromatic heterocycles. The maximum atomic E-state index is 12.9. The quantitative estimate of drug-likeness (QED) is 0.384. The van der Waals surface area contributed by atoms with Gasteiger partial charge in [0.1, 0.15) is 11.7 Å². The van der Waals surface area contributed by atoms with Crippen LogP contribution in [0.2, 0.25) is 0 Å². The zero-order valence-corrected chi connectivity index (χ0v) is 15.6. The van der Waals surface area contributed by atoms with Gasteiger partial charge in [0, 0.05) is 30.4 Å². The zero-order chi connectivity index (χ0) is 21.1. The van der Waals surface area contributed by atoms with Crippen LogP contribution in [0.25, 0.3) is 16.7 Å². The molecule has 10 heteroatoms. The molecule has 0 saturated carbocycles. The summed E-state index contributed by atoms with van der Waals surface area (Å²) in [6.07, 6.45) is 8.07. The number of rotatable bonds is 7. The van der Waals surface area contributed by atoms with Gasteiger partial charge in [0.05, 0.1) is 17.9 Å². The average Bonchev–Trinajstić information content (AvgIpc) is 3.41. The van der Waals surface area contributed by atoms with Crippen molar-refractivity contribution in [2.24, 2.45) is 5.73 Å². The first kappa shape index (κ1) is 19.0. The molecule has 10 nitrogen and oxygen atoms in total. The fourth-order valence-corrected chi connectivity index (χ4v) is 3.17. The van der Waals surface area contributed by atoms with Crippen molar-refractivity contribution >= 4 is 28.5 Å². The van der Waals surface area contributed by atoms with Crippen LogP contribution < -0.4 is 11.1 Å². The van der Waals surface area contributed by atoms with E-state index in [1.54, 1.807) is 49.1 Å². The number of nitrogens with one attached hydrogen (secondary N) is 2. The molecule has 4 aromatic rings. The van der Waals surface area contributed by atoms with Crippen molar-refractivity contribution in [3.8, 4) is 5.82 Å². The first-order valence-corrected chi connectivity index (χ1v) is 9.04. The number of nitrogens with zero attached hydrogens (tertiary/aromatic N) is 4. The lowest BCUT2D eigenvalue weighted by atomic mass is 10.0. The van der Waals surface area contributed by atoms with Crippen LogP contribution in [-0.2, 0) is 16.0 Å². The van der Waals surface area contributed by atoms with Gasteiger partial charge < -0.3 is 16.0 Å². The predicted octanol–water partition coefficient (Wildman–Crippen LogP) is 0.539. The van der Waals surface area contributed by atoms with Crippen LogP contribution >= 0.6 is 0 Å². The van der Waals surface area contributed by atoms with E-state index in [1.807, 2.05) is 0 Å². The number of carbonyl (C=O) groups excluding carboxylic acids is 3. The molecule has 4 N–H and O–H groups in total. The summed E-state index contributed by atoms with van der Waals surface area (Å²) in [6, 6.07) is 7.32.